The average molecular weight is 530 g/mol. The Labute approximate surface area is 210 Å². The molecule has 1 atom stereocenters. The summed E-state index contributed by atoms with van der Waals surface area (Å²) in [6.45, 7) is 1.09. The van der Waals surface area contributed by atoms with Crippen LogP contribution in [0, 0.1) is 0 Å². The number of carbonyl (C=O) groups is 3. The van der Waals surface area contributed by atoms with Gasteiger partial charge in [0.15, 0.2) is 11.0 Å². The van der Waals surface area contributed by atoms with Crippen molar-refractivity contribution in [1.82, 2.24) is 9.71 Å². The lowest BCUT2D eigenvalue weighted by Gasteiger charge is -2.26. The molecule has 0 bridgehead atoms. The van der Waals surface area contributed by atoms with Crippen LogP contribution in [0.15, 0.2) is 57.9 Å². The summed E-state index contributed by atoms with van der Waals surface area (Å²) >= 11 is 6.91. The van der Waals surface area contributed by atoms with E-state index in [0.717, 1.165) is 21.8 Å². The number of anilines is 2. The molecule has 2 N–H and O–H groups in total. The molecule has 0 saturated heterocycles. The number of rotatable bonds is 5. The molecule has 1 aromatic carbocycles. The molecular formula is C22H16ClN5O5S2. The molecular weight excluding hydrogens is 514 g/mol. The number of amides is 4. The quantitative estimate of drug-likeness (QED) is 0.488. The normalized spacial score (nSPS) is 15.8. The lowest BCUT2D eigenvalue weighted by molar-refractivity contribution is -0.117. The predicted octanol–water partition coefficient (Wildman–Crippen LogP) is 3.15. The molecule has 2 aromatic heterocycles. The average Bonchev–Trinajstić information content (AvgIpc) is 3.52. The molecule has 178 valence electrons. The van der Waals surface area contributed by atoms with Gasteiger partial charge in [-0.3, -0.25) is 14.3 Å². The lowest BCUT2D eigenvalue weighted by Crippen LogP contribution is -2.43. The summed E-state index contributed by atoms with van der Waals surface area (Å²) in [6.07, 6.45) is 1.32. The summed E-state index contributed by atoms with van der Waals surface area (Å²) in [6, 6.07) is 10.5. The number of nitrogens with zero attached hydrogens (tertiary/aromatic N) is 3. The van der Waals surface area contributed by atoms with Gasteiger partial charge in [0.2, 0.25) is 11.8 Å². The number of nitrogens with one attached hydrogen (secondary N) is 2. The summed E-state index contributed by atoms with van der Waals surface area (Å²) in [5, 5.41) is 2.51. The molecule has 2 aliphatic heterocycles. The van der Waals surface area contributed by atoms with Crippen molar-refractivity contribution in [2.75, 3.05) is 23.4 Å². The molecule has 10 nitrogen and oxygen atoms in total. The van der Waals surface area contributed by atoms with Crippen molar-refractivity contribution in [3.63, 3.8) is 0 Å². The van der Waals surface area contributed by atoms with Gasteiger partial charge in [0.1, 0.15) is 16.6 Å². The van der Waals surface area contributed by atoms with E-state index in [-0.39, 0.29) is 17.9 Å². The Kier molecular flexibility index (Phi) is 6.32. The summed E-state index contributed by atoms with van der Waals surface area (Å²) in [5.41, 5.74) is 2.01. The maximum absolute atomic E-state index is 13.1. The Morgan fingerprint density at radius 3 is 2.71 bits per heavy atom. The Hall–Kier alpha value is -3.61. The number of thiophene rings is 1. The zero-order chi connectivity index (χ0) is 24.5. The highest BCUT2D eigenvalue weighted by Gasteiger charge is 2.33. The van der Waals surface area contributed by atoms with Crippen molar-refractivity contribution in [2.24, 2.45) is 4.99 Å². The van der Waals surface area contributed by atoms with Crippen LogP contribution in [-0.2, 0) is 26.9 Å². The van der Waals surface area contributed by atoms with Gasteiger partial charge >= 0.3 is 6.03 Å². The van der Waals surface area contributed by atoms with E-state index in [9.17, 15) is 18.6 Å². The van der Waals surface area contributed by atoms with Gasteiger partial charge in [-0.15, -0.1) is 11.3 Å². The summed E-state index contributed by atoms with van der Waals surface area (Å²) in [5.74, 6) is -0.286. The number of aromatic nitrogens is 1. The lowest BCUT2D eigenvalue weighted by atomic mass is 9.96. The number of pyridine rings is 1. The highest BCUT2D eigenvalue weighted by Crippen LogP contribution is 2.27. The number of benzene rings is 1. The van der Waals surface area contributed by atoms with Crippen LogP contribution in [-0.4, -0.2) is 46.1 Å². The van der Waals surface area contributed by atoms with Crippen LogP contribution in [0.4, 0.5) is 16.3 Å². The number of fused-ring (bicyclic) bond motifs is 1. The van der Waals surface area contributed by atoms with Gasteiger partial charge in [-0.1, -0.05) is 11.6 Å². The molecule has 0 aliphatic carbocycles. The molecule has 5 rings (SSSR count). The third-order valence-electron chi connectivity index (χ3n) is 5.11. The molecule has 2 aliphatic rings. The number of aliphatic imine (C=N–C) groups is 1. The first-order valence-electron chi connectivity index (χ1n) is 10.3. The largest absolute Gasteiger partial charge is 0.476 e. The van der Waals surface area contributed by atoms with Gasteiger partial charge in [0, 0.05) is 11.1 Å². The van der Waals surface area contributed by atoms with Crippen LogP contribution in [0.3, 0.4) is 0 Å². The maximum atomic E-state index is 13.1. The van der Waals surface area contributed by atoms with Crippen LogP contribution in [0.25, 0.3) is 0 Å². The van der Waals surface area contributed by atoms with Gasteiger partial charge in [0.25, 0.3) is 5.91 Å². The standard InChI is InChI=1S/C22H16ClN5O5S2/c23-16-4-6-19(34-16)35(32)27-22(31)26-14-2-5-17(25-11-14)28-18(29)10-13-9-12(20-24-7-8-33-20)1-3-15(13)21(28)30/h1-6,9,11H,7-8,10H2,(H2,26,27,31). The summed E-state index contributed by atoms with van der Waals surface area (Å²) in [4.78, 5) is 47.4. The molecule has 35 heavy (non-hydrogen) atoms. The maximum Gasteiger partial charge on any atom is 0.331 e. The Morgan fingerprint density at radius 1 is 1.17 bits per heavy atom. The van der Waals surface area contributed by atoms with Crippen molar-refractivity contribution in [3.05, 3.63) is 69.7 Å². The molecule has 3 aromatic rings. The first-order chi connectivity index (χ1) is 16.9. The van der Waals surface area contributed by atoms with Crippen LogP contribution >= 0.6 is 22.9 Å². The van der Waals surface area contributed by atoms with E-state index in [1.807, 2.05) is 0 Å². The summed E-state index contributed by atoms with van der Waals surface area (Å²) < 4.78 is 20.8. The fraction of sp³-hybridized carbons (Fsp3) is 0.136. The van der Waals surface area contributed by atoms with Crippen LogP contribution in [0.5, 0.6) is 0 Å². The zero-order valence-electron chi connectivity index (χ0n) is 17.8. The summed E-state index contributed by atoms with van der Waals surface area (Å²) in [7, 11) is -1.77. The van der Waals surface area contributed by atoms with E-state index in [0.29, 0.717) is 38.7 Å². The van der Waals surface area contributed by atoms with E-state index in [1.165, 1.54) is 18.3 Å². The minimum absolute atomic E-state index is 0.0187. The van der Waals surface area contributed by atoms with Crippen molar-refractivity contribution in [2.45, 2.75) is 10.6 Å². The minimum atomic E-state index is -1.77. The fourth-order valence-corrected chi connectivity index (χ4v) is 5.70. The van der Waals surface area contributed by atoms with Gasteiger partial charge in [-0.2, -0.15) is 0 Å². The number of urea groups is 1. The Balaban J connectivity index is 1.27. The first kappa shape index (κ1) is 23.1. The first-order valence-corrected chi connectivity index (χ1v) is 12.6. The smallest absolute Gasteiger partial charge is 0.331 e. The monoisotopic (exact) mass is 529 g/mol. The van der Waals surface area contributed by atoms with Gasteiger partial charge in [0.05, 0.1) is 29.2 Å². The number of halogens is 1. The van der Waals surface area contributed by atoms with E-state index >= 15 is 0 Å². The van der Waals surface area contributed by atoms with E-state index < -0.39 is 28.8 Å². The van der Waals surface area contributed by atoms with Gasteiger partial charge in [-0.25, -0.2) is 23.9 Å². The second-order valence-electron chi connectivity index (χ2n) is 7.41. The van der Waals surface area contributed by atoms with Crippen LogP contribution in [0.2, 0.25) is 4.34 Å². The molecule has 1 unspecified atom stereocenters. The Bertz CT molecular complexity index is 1410. The molecule has 0 saturated carbocycles. The highest BCUT2D eigenvalue weighted by molar-refractivity contribution is 7.86. The van der Waals surface area contributed by atoms with Crippen molar-refractivity contribution < 1.29 is 23.3 Å². The second-order valence-corrected chi connectivity index (χ2v) is 10.6. The molecule has 0 spiro atoms. The molecule has 4 amide bonds. The zero-order valence-corrected chi connectivity index (χ0v) is 20.2. The third-order valence-corrected chi connectivity index (χ3v) is 7.72. The molecule has 4 heterocycles. The number of ether oxygens (including phenoxy) is 1. The highest BCUT2D eigenvalue weighted by atomic mass is 35.5. The van der Waals surface area contributed by atoms with Gasteiger partial charge in [-0.05, 0) is 48.0 Å². The van der Waals surface area contributed by atoms with E-state index in [2.05, 4.69) is 20.0 Å². The number of hydrogen-bond donors (Lipinski definition) is 2. The van der Waals surface area contributed by atoms with Crippen molar-refractivity contribution in [3.8, 4) is 0 Å². The SMILES string of the molecule is O=C(Nc1ccc(N2C(=O)Cc3cc(C4=NCCO4)ccc3C2=O)nc1)NS(=O)c1ccc(Cl)s1. The van der Waals surface area contributed by atoms with Crippen LogP contribution < -0.4 is 14.9 Å². The fourth-order valence-electron chi connectivity index (χ4n) is 3.58. The number of hydrogen-bond acceptors (Lipinski definition) is 8. The Morgan fingerprint density at radius 2 is 2.03 bits per heavy atom. The number of carbonyl (C=O) groups excluding carboxylic acids is 3. The predicted molar refractivity (Wildman–Crippen MR) is 131 cm³/mol. The molecule has 0 fully saturated rings. The topological polar surface area (TPSA) is 130 Å². The third kappa shape index (κ3) is 4.81. The van der Waals surface area contributed by atoms with E-state index in [4.69, 9.17) is 16.3 Å². The van der Waals surface area contributed by atoms with Crippen molar-refractivity contribution >= 4 is 69.2 Å². The molecule has 13 heteroatoms. The van der Waals surface area contributed by atoms with Crippen LogP contribution in [0.1, 0.15) is 21.5 Å². The second kappa shape index (κ2) is 9.56. The van der Waals surface area contributed by atoms with E-state index in [1.54, 1.807) is 30.3 Å². The minimum Gasteiger partial charge on any atom is -0.476 e. The van der Waals surface area contributed by atoms with Gasteiger partial charge < -0.3 is 10.1 Å². The van der Waals surface area contributed by atoms with Crippen molar-refractivity contribution in [1.29, 1.82) is 0 Å². The number of imide groups is 1. The molecule has 0 radical (unpaired) electrons.